The molecule has 252 valence electrons. The summed E-state index contributed by atoms with van der Waals surface area (Å²) in [5.74, 6) is 0. The molecule has 0 aliphatic rings. The topological polar surface area (TPSA) is 43.3 Å². The van der Waals surface area contributed by atoms with Crippen LogP contribution in [0.2, 0.25) is 0 Å². The summed E-state index contributed by atoms with van der Waals surface area (Å²) < 4.78 is 8.93. The minimum atomic E-state index is 0.857. The first-order valence-electron chi connectivity index (χ1n) is 18.2. The average Bonchev–Trinajstić information content (AvgIpc) is 3.83. The lowest BCUT2D eigenvalue weighted by Crippen LogP contribution is -1.91. The Labute approximate surface area is 311 Å². The molecule has 11 rings (SSSR count). The first kappa shape index (κ1) is 30.3. The van der Waals surface area contributed by atoms with Crippen LogP contribution in [0.1, 0.15) is 0 Å². The van der Waals surface area contributed by atoms with E-state index in [1.54, 1.807) is 0 Å². The molecule has 4 heterocycles. The molecule has 0 N–H and O–H groups in total. The average molecular weight is 690 g/mol. The molecule has 0 amide bonds. The number of pyridine rings is 2. The highest BCUT2D eigenvalue weighted by molar-refractivity contribution is 6.19. The van der Waals surface area contributed by atoms with Crippen LogP contribution in [0.4, 0.5) is 0 Å². The Kier molecular flexibility index (Phi) is 6.82. The lowest BCUT2D eigenvalue weighted by Gasteiger charge is -2.12. The Bertz CT molecular complexity index is 3150. The first-order valence-corrected chi connectivity index (χ1v) is 18.2. The fourth-order valence-electron chi connectivity index (χ4n) is 7.95. The van der Waals surface area contributed by atoms with Crippen molar-refractivity contribution in [2.45, 2.75) is 0 Å². The summed E-state index contributed by atoms with van der Waals surface area (Å²) in [4.78, 5) is 10.2. The van der Waals surface area contributed by atoms with Crippen molar-refractivity contribution in [2.75, 3.05) is 0 Å². The van der Waals surface area contributed by atoms with Crippen molar-refractivity contribution in [2.24, 2.45) is 0 Å². The highest BCUT2D eigenvalue weighted by Crippen LogP contribution is 2.40. The molecule has 4 heteroatoms. The van der Waals surface area contributed by atoms with Gasteiger partial charge in [-0.3, -0.25) is 4.40 Å². The van der Waals surface area contributed by atoms with Crippen molar-refractivity contribution in [1.82, 2.24) is 14.4 Å². The van der Waals surface area contributed by atoms with Crippen LogP contribution >= 0.6 is 0 Å². The van der Waals surface area contributed by atoms with Crippen LogP contribution in [0.25, 0.3) is 105 Å². The molecule has 4 nitrogen and oxygen atoms in total. The van der Waals surface area contributed by atoms with Crippen molar-refractivity contribution >= 4 is 49.5 Å². The number of imidazole rings is 1. The maximum Gasteiger partial charge on any atom is 0.160 e. The van der Waals surface area contributed by atoms with Crippen molar-refractivity contribution in [3.05, 3.63) is 188 Å². The van der Waals surface area contributed by atoms with Gasteiger partial charge in [-0.05, 0) is 81.9 Å². The minimum absolute atomic E-state index is 0.857. The number of fused-ring (bicyclic) bond motifs is 10. The molecule has 0 unspecified atom stereocenters. The lowest BCUT2D eigenvalue weighted by atomic mass is 9.95. The van der Waals surface area contributed by atoms with Gasteiger partial charge in [0.15, 0.2) is 5.58 Å². The van der Waals surface area contributed by atoms with Gasteiger partial charge in [-0.25, -0.2) is 9.97 Å². The van der Waals surface area contributed by atoms with Gasteiger partial charge in [-0.2, -0.15) is 0 Å². The number of furan rings is 1. The van der Waals surface area contributed by atoms with E-state index in [1.165, 1.54) is 0 Å². The van der Waals surface area contributed by atoms with E-state index in [4.69, 9.17) is 14.4 Å². The van der Waals surface area contributed by atoms with Crippen LogP contribution in [-0.2, 0) is 0 Å². The zero-order chi connectivity index (χ0) is 35.6. The molecule has 0 aliphatic heterocycles. The second-order valence-corrected chi connectivity index (χ2v) is 13.8. The maximum absolute atomic E-state index is 6.65. The third-order valence-electron chi connectivity index (χ3n) is 10.5. The van der Waals surface area contributed by atoms with Crippen LogP contribution in [0.5, 0.6) is 0 Å². The molecule has 0 fully saturated rings. The third kappa shape index (κ3) is 4.92. The van der Waals surface area contributed by atoms with Gasteiger partial charge in [0.25, 0.3) is 0 Å². The fraction of sp³-hybridized carbons (Fsp3) is 0. The molecular weight excluding hydrogens is 659 g/mol. The van der Waals surface area contributed by atoms with E-state index in [-0.39, 0.29) is 0 Å². The van der Waals surface area contributed by atoms with Crippen LogP contribution in [0, 0.1) is 0 Å². The first-order chi connectivity index (χ1) is 26.7. The number of aromatic nitrogens is 3. The van der Waals surface area contributed by atoms with Gasteiger partial charge < -0.3 is 4.42 Å². The van der Waals surface area contributed by atoms with Crippen molar-refractivity contribution < 1.29 is 4.42 Å². The molecule has 0 aliphatic carbocycles. The Morgan fingerprint density at radius 1 is 0.370 bits per heavy atom. The van der Waals surface area contributed by atoms with Gasteiger partial charge in [-0.15, -0.1) is 0 Å². The van der Waals surface area contributed by atoms with Crippen LogP contribution in [0.15, 0.2) is 192 Å². The summed E-state index contributed by atoms with van der Waals surface area (Å²) in [6.45, 7) is 0. The predicted molar refractivity (Wildman–Crippen MR) is 222 cm³/mol. The third-order valence-corrected chi connectivity index (χ3v) is 10.5. The van der Waals surface area contributed by atoms with E-state index in [1.807, 2.05) is 18.2 Å². The SMILES string of the molecule is c1ccc(-c2cc(-c3cccc(-c4cccc(-c5ccc6oc7c8ccccc8c8nc9ccccc9n8c7c6c5)c4)c3)cc(-c3ccccc3)n2)cc1. The van der Waals surface area contributed by atoms with E-state index in [0.29, 0.717) is 0 Å². The molecule has 0 saturated carbocycles. The minimum Gasteiger partial charge on any atom is -0.454 e. The molecule has 0 radical (unpaired) electrons. The largest absolute Gasteiger partial charge is 0.454 e. The van der Waals surface area contributed by atoms with Gasteiger partial charge in [0.2, 0.25) is 0 Å². The van der Waals surface area contributed by atoms with Crippen molar-refractivity contribution in [3.8, 4) is 55.9 Å². The molecule has 0 atom stereocenters. The monoisotopic (exact) mass is 689 g/mol. The number of nitrogens with zero attached hydrogens (tertiary/aromatic N) is 3. The van der Waals surface area contributed by atoms with Crippen LogP contribution in [-0.4, -0.2) is 14.4 Å². The second-order valence-electron chi connectivity index (χ2n) is 13.8. The molecule has 7 aromatic carbocycles. The summed E-state index contributed by atoms with van der Waals surface area (Å²) in [6.07, 6.45) is 0. The number of hydrogen-bond donors (Lipinski definition) is 0. The molecular formula is C50H31N3O. The lowest BCUT2D eigenvalue weighted by molar-refractivity contribution is 0.672. The van der Waals surface area contributed by atoms with Gasteiger partial charge in [0.1, 0.15) is 16.7 Å². The molecule has 0 spiro atoms. The fourth-order valence-corrected chi connectivity index (χ4v) is 7.95. The zero-order valence-electron chi connectivity index (χ0n) is 29.1. The van der Waals surface area contributed by atoms with Gasteiger partial charge in [-0.1, -0.05) is 140 Å². The predicted octanol–water partition coefficient (Wildman–Crippen LogP) is 13.3. The Morgan fingerprint density at radius 2 is 0.907 bits per heavy atom. The molecule has 54 heavy (non-hydrogen) atoms. The smallest absolute Gasteiger partial charge is 0.160 e. The standard InChI is InChI=1S/C50H31N3O/c1-3-13-32(14-4-1)44-30-39(31-45(51-44)33-15-5-2-6-16-33)37-20-12-18-35(28-37)34-17-11-19-36(27-34)38-25-26-47-42(29-38)48-49(54-47)40-21-7-8-22-41(40)50-52-43-23-9-10-24-46(43)53(48)50/h1-31H. The quantitative estimate of drug-likeness (QED) is 0.181. The highest BCUT2D eigenvalue weighted by Gasteiger charge is 2.20. The van der Waals surface area contributed by atoms with Gasteiger partial charge >= 0.3 is 0 Å². The second kappa shape index (κ2) is 12.1. The van der Waals surface area contributed by atoms with E-state index in [2.05, 4.69) is 174 Å². The van der Waals surface area contributed by atoms with Crippen molar-refractivity contribution in [3.63, 3.8) is 0 Å². The number of para-hydroxylation sites is 2. The molecule has 0 bridgehead atoms. The number of benzene rings is 7. The maximum atomic E-state index is 6.65. The van der Waals surface area contributed by atoms with Gasteiger partial charge in [0.05, 0.1) is 22.4 Å². The summed E-state index contributed by atoms with van der Waals surface area (Å²) in [6, 6.07) is 66.1. The van der Waals surface area contributed by atoms with Crippen molar-refractivity contribution in [1.29, 1.82) is 0 Å². The Morgan fingerprint density at radius 3 is 1.57 bits per heavy atom. The summed E-state index contributed by atoms with van der Waals surface area (Å²) in [5, 5.41) is 3.21. The summed E-state index contributed by atoms with van der Waals surface area (Å²) >= 11 is 0. The number of hydrogen-bond acceptors (Lipinski definition) is 3. The zero-order valence-corrected chi connectivity index (χ0v) is 29.1. The summed E-state index contributed by atoms with van der Waals surface area (Å²) in [5.41, 5.74) is 16.7. The Hall–Kier alpha value is -7.30. The molecule has 11 aromatic rings. The summed E-state index contributed by atoms with van der Waals surface area (Å²) in [7, 11) is 0. The Balaban J connectivity index is 1.04. The van der Waals surface area contributed by atoms with Crippen LogP contribution < -0.4 is 0 Å². The van der Waals surface area contributed by atoms with E-state index in [0.717, 1.165) is 105 Å². The van der Waals surface area contributed by atoms with Crippen LogP contribution in [0.3, 0.4) is 0 Å². The number of rotatable bonds is 5. The molecule has 0 saturated heterocycles. The van der Waals surface area contributed by atoms with E-state index >= 15 is 0 Å². The van der Waals surface area contributed by atoms with E-state index < -0.39 is 0 Å². The highest BCUT2D eigenvalue weighted by atomic mass is 16.3. The van der Waals surface area contributed by atoms with Gasteiger partial charge in [0, 0.05) is 27.3 Å². The molecule has 4 aromatic heterocycles. The van der Waals surface area contributed by atoms with E-state index in [9.17, 15) is 0 Å². The normalized spacial score (nSPS) is 11.7.